The summed E-state index contributed by atoms with van der Waals surface area (Å²) in [4.78, 5) is 12.8. The highest BCUT2D eigenvalue weighted by molar-refractivity contribution is 7.98. The van der Waals surface area contributed by atoms with Crippen molar-refractivity contribution in [2.24, 2.45) is 0 Å². The van der Waals surface area contributed by atoms with Gasteiger partial charge in [0, 0.05) is 17.5 Å². The van der Waals surface area contributed by atoms with E-state index >= 15 is 0 Å². The summed E-state index contributed by atoms with van der Waals surface area (Å²) in [7, 11) is 0. The van der Waals surface area contributed by atoms with Gasteiger partial charge in [-0.25, -0.2) is 4.79 Å². The Morgan fingerprint density at radius 1 is 1.47 bits per heavy atom. The lowest BCUT2D eigenvalue weighted by Gasteiger charge is -2.26. The van der Waals surface area contributed by atoms with E-state index < -0.39 is 0 Å². The van der Waals surface area contributed by atoms with Gasteiger partial charge in [0.1, 0.15) is 0 Å². The van der Waals surface area contributed by atoms with Crippen molar-refractivity contribution in [2.75, 3.05) is 6.26 Å². The number of thioether (sulfide) groups is 1. The lowest BCUT2D eigenvalue weighted by Crippen LogP contribution is -2.44. The van der Waals surface area contributed by atoms with Crippen LogP contribution in [0.4, 0.5) is 4.79 Å². The molecule has 17 heavy (non-hydrogen) atoms. The lowest BCUT2D eigenvalue weighted by atomic mass is 9.93. The summed E-state index contributed by atoms with van der Waals surface area (Å²) in [5, 5.41) is 5.85. The van der Waals surface area contributed by atoms with Gasteiger partial charge in [0.2, 0.25) is 0 Å². The van der Waals surface area contributed by atoms with Crippen LogP contribution in [0.15, 0.2) is 29.2 Å². The molecule has 3 nitrogen and oxygen atoms in total. The Balaban J connectivity index is 1.77. The molecule has 1 aliphatic rings. The molecule has 1 aromatic rings. The second-order valence-electron chi connectivity index (χ2n) is 4.31. The molecule has 4 heteroatoms. The number of hydrogen-bond donors (Lipinski definition) is 2. The first kappa shape index (κ1) is 12.3. The standard InChI is InChI=1S/C13H18N2OS/c1-17-12-7-2-4-10(8-12)9-14-13(16)15-11-5-3-6-11/h2,4,7-8,11H,3,5-6,9H2,1H3,(H2,14,15,16). The van der Waals surface area contributed by atoms with Crippen LogP contribution in [0, 0.1) is 0 Å². The highest BCUT2D eigenvalue weighted by Gasteiger charge is 2.18. The fraction of sp³-hybridized carbons (Fsp3) is 0.462. The minimum atomic E-state index is -0.0516. The van der Waals surface area contributed by atoms with Crippen molar-refractivity contribution in [3.05, 3.63) is 29.8 Å². The van der Waals surface area contributed by atoms with Crippen molar-refractivity contribution in [2.45, 2.75) is 36.7 Å². The summed E-state index contributed by atoms with van der Waals surface area (Å²) in [5.74, 6) is 0. The van der Waals surface area contributed by atoms with Crippen molar-refractivity contribution in [1.82, 2.24) is 10.6 Å². The Morgan fingerprint density at radius 3 is 2.94 bits per heavy atom. The van der Waals surface area contributed by atoms with E-state index in [2.05, 4.69) is 29.0 Å². The van der Waals surface area contributed by atoms with Gasteiger partial charge in [-0.05, 0) is 43.2 Å². The van der Waals surface area contributed by atoms with Gasteiger partial charge in [0.15, 0.2) is 0 Å². The van der Waals surface area contributed by atoms with Gasteiger partial charge in [0.25, 0.3) is 0 Å². The van der Waals surface area contributed by atoms with Crippen molar-refractivity contribution >= 4 is 17.8 Å². The molecule has 1 aromatic carbocycles. The van der Waals surface area contributed by atoms with E-state index in [-0.39, 0.29) is 6.03 Å². The first-order valence-corrected chi connectivity index (χ1v) is 7.17. The molecule has 0 radical (unpaired) electrons. The monoisotopic (exact) mass is 250 g/mol. The summed E-state index contributed by atoms with van der Waals surface area (Å²) < 4.78 is 0. The molecule has 2 amide bonds. The number of rotatable bonds is 4. The minimum absolute atomic E-state index is 0.0516. The number of carbonyl (C=O) groups excluding carboxylic acids is 1. The molecule has 0 saturated heterocycles. The van der Waals surface area contributed by atoms with Crippen molar-refractivity contribution in [1.29, 1.82) is 0 Å². The van der Waals surface area contributed by atoms with Crippen LogP contribution >= 0.6 is 11.8 Å². The Bertz CT molecular complexity index is 391. The van der Waals surface area contributed by atoms with E-state index in [4.69, 9.17) is 0 Å². The molecule has 0 bridgehead atoms. The number of carbonyl (C=O) groups is 1. The molecule has 0 heterocycles. The van der Waals surface area contributed by atoms with Gasteiger partial charge in [-0.15, -0.1) is 11.8 Å². The minimum Gasteiger partial charge on any atom is -0.335 e. The van der Waals surface area contributed by atoms with Crippen molar-refractivity contribution in [3.8, 4) is 0 Å². The van der Waals surface area contributed by atoms with Crippen LogP contribution in [0.1, 0.15) is 24.8 Å². The molecule has 1 aliphatic carbocycles. The molecule has 0 atom stereocenters. The van der Waals surface area contributed by atoms with E-state index in [1.54, 1.807) is 11.8 Å². The van der Waals surface area contributed by atoms with Crippen LogP contribution in [0.5, 0.6) is 0 Å². The van der Waals surface area contributed by atoms with E-state index in [1.807, 2.05) is 12.1 Å². The maximum atomic E-state index is 11.5. The largest absolute Gasteiger partial charge is 0.335 e. The summed E-state index contributed by atoms with van der Waals surface area (Å²) in [6.45, 7) is 0.590. The lowest BCUT2D eigenvalue weighted by molar-refractivity contribution is 0.228. The molecule has 1 fully saturated rings. The maximum absolute atomic E-state index is 11.5. The molecule has 1 saturated carbocycles. The Morgan fingerprint density at radius 2 is 2.29 bits per heavy atom. The van der Waals surface area contributed by atoms with Crippen LogP contribution in [0.3, 0.4) is 0 Å². The molecular formula is C13H18N2OS. The van der Waals surface area contributed by atoms with Gasteiger partial charge in [-0.1, -0.05) is 12.1 Å². The third-order valence-electron chi connectivity index (χ3n) is 3.03. The molecule has 2 rings (SSSR count). The Labute approximate surface area is 106 Å². The number of benzene rings is 1. The third kappa shape index (κ3) is 3.66. The first-order valence-electron chi connectivity index (χ1n) is 5.95. The fourth-order valence-corrected chi connectivity index (χ4v) is 2.24. The molecule has 0 spiro atoms. The average Bonchev–Trinajstić information content (AvgIpc) is 2.31. The van der Waals surface area contributed by atoms with Crippen molar-refractivity contribution < 1.29 is 4.79 Å². The SMILES string of the molecule is CSc1cccc(CNC(=O)NC2CCC2)c1. The fourth-order valence-electron chi connectivity index (χ4n) is 1.75. The zero-order valence-corrected chi connectivity index (χ0v) is 10.8. The summed E-state index contributed by atoms with van der Waals surface area (Å²) in [6, 6.07) is 8.57. The van der Waals surface area contributed by atoms with E-state index in [1.165, 1.54) is 11.3 Å². The smallest absolute Gasteiger partial charge is 0.315 e. The number of amides is 2. The Hall–Kier alpha value is -1.16. The molecule has 2 N–H and O–H groups in total. The van der Waals surface area contributed by atoms with Crippen LogP contribution in [0.2, 0.25) is 0 Å². The number of nitrogens with one attached hydrogen (secondary N) is 2. The maximum Gasteiger partial charge on any atom is 0.315 e. The average molecular weight is 250 g/mol. The van der Waals surface area contributed by atoms with Gasteiger partial charge in [0.05, 0.1) is 0 Å². The van der Waals surface area contributed by atoms with Gasteiger partial charge in [-0.3, -0.25) is 0 Å². The number of hydrogen-bond acceptors (Lipinski definition) is 2. The van der Waals surface area contributed by atoms with Gasteiger partial charge >= 0.3 is 6.03 Å². The van der Waals surface area contributed by atoms with Gasteiger partial charge in [-0.2, -0.15) is 0 Å². The third-order valence-corrected chi connectivity index (χ3v) is 3.75. The normalized spacial score (nSPS) is 15.1. The molecular weight excluding hydrogens is 232 g/mol. The zero-order valence-electron chi connectivity index (χ0n) is 10.0. The second kappa shape index (κ2) is 5.96. The second-order valence-corrected chi connectivity index (χ2v) is 5.19. The van der Waals surface area contributed by atoms with E-state index in [0.717, 1.165) is 18.4 Å². The topological polar surface area (TPSA) is 41.1 Å². The summed E-state index contributed by atoms with van der Waals surface area (Å²) in [5.41, 5.74) is 1.14. The Kier molecular flexibility index (Phi) is 4.31. The highest BCUT2D eigenvalue weighted by Crippen LogP contribution is 2.18. The number of urea groups is 1. The van der Waals surface area contributed by atoms with E-state index in [0.29, 0.717) is 12.6 Å². The van der Waals surface area contributed by atoms with Crippen LogP contribution < -0.4 is 10.6 Å². The predicted octanol–water partition coefficient (Wildman–Crippen LogP) is 2.76. The summed E-state index contributed by atoms with van der Waals surface area (Å²) in [6.07, 6.45) is 5.53. The zero-order chi connectivity index (χ0) is 12.1. The molecule has 0 aliphatic heterocycles. The quantitative estimate of drug-likeness (QED) is 0.807. The van der Waals surface area contributed by atoms with Crippen LogP contribution in [-0.2, 0) is 6.54 Å². The summed E-state index contributed by atoms with van der Waals surface area (Å²) >= 11 is 1.71. The first-order chi connectivity index (χ1) is 8.28. The predicted molar refractivity (Wildman–Crippen MR) is 71.2 cm³/mol. The highest BCUT2D eigenvalue weighted by atomic mass is 32.2. The van der Waals surface area contributed by atoms with E-state index in [9.17, 15) is 4.79 Å². The van der Waals surface area contributed by atoms with Crippen LogP contribution in [0.25, 0.3) is 0 Å². The molecule has 92 valence electrons. The van der Waals surface area contributed by atoms with Crippen molar-refractivity contribution in [3.63, 3.8) is 0 Å². The molecule has 0 aromatic heterocycles. The van der Waals surface area contributed by atoms with Crippen LogP contribution in [-0.4, -0.2) is 18.3 Å². The van der Waals surface area contributed by atoms with Gasteiger partial charge < -0.3 is 10.6 Å². The molecule has 0 unspecified atom stereocenters.